The molecule has 2 fully saturated rings. The summed E-state index contributed by atoms with van der Waals surface area (Å²) in [4.78, 5) is 14.1. The molecule has 2 aliphatic heterocycles. The van der Waals surface area contributed by atoms with Crippen molar-refractivity contribution < 1.29 is 22.4 Å². The van der Waals surface area contributed by atoms with E-state index < -0.39 is 10.0 Å². The van der Waals surface area contributed by atoms with E-state index in [-0.39, 0.29) is 18.1 Å². The van der Waals surface area contributed by atoms with E-state index in [1.807, 2.05) is 0 Å². The van der Waals surface area contributed by atoms with E-state index >= 15 is 0 Å². The molecule has 3 rings (SSSR count). The van der Waals surface area contributed by atoms with Gasteiger partial charge in [0, 0.05) is 19.6 Å². The molecule has 2 saturated heterocycles. The molecule has 0 N–H and O–H groups in total. The topological polar surface area (TPSA) is 80.1 Å². The van der Waals surface area contributed by atoms with Gasteiger partial charge < -0.3 is 14.1 Å². The fraction of sp³-hybridized carbons (Fsp3) is 0.643. The maximum atomic E-state index is 12.4. The van der Waals surface area contributed by atoms with Crippen LogP contribution in [-0.2, 0) is 14.8 Å². The molecule has 1 amide bonds. The zero-order chi connectivity index (χ0) is 15.7. The van der Waals surface area contributed by atoms with Crippen LogP contribution in [0.5, 0.6) is 0 Å². The Labute approximate surface area is 129 Å². The highest BCUT2D eigenvalue weighted by atomic mass is 32.2. The molecule has 1 aromatic rings. The van der Waals surface area contributed by atoms with Crippen LogP contribution >= 0.6 is 0 Å². The number of ether oxygens (including phenoxy) is 1. The van der Waals surface area contributed by atoms with Crippen molar-refractivity contribution in [3.8, 4) is 0 Å². The lowest BCUT2D eigenvalue weighted by atomic mass is 10.0. The van der Waals surface area contributed by atoms with E-state index in [0.717, 1.165) is 0 Å². The van der Waals surface area contributed by atoms with E-state index in [1.54, 1.807) is 11.0 Å². The number of nitrogens with zero attached hydrogens (tertiary/aromatic N) is 2. The fourth-order valence-corrected chi connectivity index (χ4v) is 4.37. The van der Waals surface area contributed by atoms with Gasteiger partial charge in [-0.15, -0.1) is 0 Å². The van der Waals surface area contributed by atoms with Crippen LogP contribution in [0.15, 0.2) is 23.0 Å². The van der Waals surface area contributed by atoms with Gasteiger partial charge in [-0.05, 0) is 18.9 Å². The van der Waals surface area contributed by atoms with Crippen molar-refractivity contribution in [2.45, 2.75) is 25.0 Å². The summed E-state index contributed by atoms with van der Waals surface area (Å²) in [5, 5.41) is 0. The van der Waals surface area contributed by atoms with Crippen LogP contribution in [0.2, 0.25) is 0 Å². The van der Waals surface area contributed by atoms with Gasteiger partial charge in [-0.1, -0.05) is 0 Å². The summed E-state index contributed by atoms with van der Waals surface area (Å²) in [6.45, 7) is 1.86. The Kier molecular flexibility index (Phi) is 4.24. The van der Waals surface area contributed by atoms with E-state index in [2.05, 4.69) is 0 Å². The third-order valence-electron chi connectivity index (χ3n) is 4.30. The minimum atomic E-state index is -3.26. The molecule has 0 spiro atoms. The Bertz CT molecular complexity index is 628. The lowest BCUT2D eigenvalue weighted by Crippen LogP contribution is -2.53. The van der Waals surface area contributed by atoms with Gasteiger partial charge in [0.05, 0.1) is 36.8 Å². The second-order valence-electron chi connectivity index (χ2n) is 5.73. The van der Waals surface area contributed by atoms with E-state index in [9.17, 15) is 13.2 Å². The maximum Gasteiger partial charge on any atom is 0.257 e. The number of rotatable bonds is 2. The Morgan fingerprint density at radius 3 is 2.73 bits per heavy atom. The highest BCUT2D eigenvalue weighted by Crippen LogP contribution is 2.26. The van der Waals surface area contributed by atoms with Crippen molar-refractivity contribution in [2.24, 2.45) is 0 Å². The molecule has 0 radical (unpaired) electrons. The highest BCUT2D eigenvalue weighted by molar-refractivity contribution is 7.88. The van der Waals surface area contributed by atoms with Gasteiger partial charge in [0.1, 0.15) is 6.26 Å². The molecule has 3 heterocycles. The summed E-state index contributed by atoms with van der Waals surface area (Å²) >= 11 is 0. The first-order valence-electron chi connectivity index (χ1n) is 7.37. The molecule has 0 bridgehead atoms. The summed E-state index contributed by atoms with van der Waals surface area (Å²) in [5.41, 5.74) is 0.519. The average Bonchev–Trinajstić information content (AvgIpc) is 2.92. The molecule has 2 atom stereocenters. The molecule has 7 nitrogen and oxygen atoms in total. The molecule has 22 heavy (non-hydrogen) atoms. The molecule has 0 unspecified atom stereocenters. The smallest absolute Gasteiger partial charge is 0.257 e. The lowest BCUT2D eigenvalue weighted by Gasteiger charge is -2.38. The van der Waals surface area contributed by atoms with E-state index in [4.69, 9.17) is 9.15 Å². The van der Waals surface area contributed by atoms with Crippen molar-refractivity contribution in [1.29, 1.82) is 0 Å². The Hall–Kier alpha value is -1.38. The molecule has 0 aliphatic carbocycles. The van der Waals surface area contributed by atoms with Crippen molar-refractivity contribution in [3.05, 3.63) is 24.2 Å². The van der Waals surface area contributed by atoms with Crippen LogP contribution in [0.1, 0.15) is 23.2 Å². The predicted octanol–water partition coefficient (Wildman–Crippen LogP) is 0.545. The number of hydrogen-bond acceptors (Lipinski definition) is 5. The maximum absolute atomic E-state index is 12.4. The first kappa shape index (κ1) is 15.5. The van der Waals surface area contributed by atoms with Gasteiger partial charge in [-0.3, -0.25) is 4.79 Å². The Morgan fingerprint density at radius 2 is 2.05 bits per heavy atom. The molecular formula is C14H20N2O5S. The number of hydrogen-bond donors (Lipinski definition) is 0. The number of furan rings is 1. The third-order valence-corrected chi connectivity index (χ3v) is 5.61. The van der Waals surface area contributed by atoms with Crippen molar-refractivity contribution >= 4 is 15.9 Å². The number of likely N-dealkylation sites (tertiary alicyclic amines) is 1. The van der Waals surface area contributed by atoms with Crippen molar-refractivity contribution in [2.75, 3.05) is 32.5 Å². The van der Waals surface area contributed by atoms with E-state index in [1.165, 1.54) is 23.1 Å². The molecule has 1 aromatic heterocycles. The number of sulfonamides is 1. The summed E-state index contributed by atoms with van der Waals surface area (Å²) in [6.07, 6.45) is 5.21. The van der Waals surface area contributed by atoms with Crippen molar-refractivity contribution in [1.82, 2.24) is 9.21 Å². The van der Waals surface area contributed by atoms with Crippen LogP contribution in [0.3, 0.4) is 0 Å². The van der Waals surface area contributed by atoms with Gasteiger partial charge in [0.25, 0.3) is 5.91 Å². The van der Waals surface area contributed by atoms with Crippen molar-refractivity contribution in [3.63, 3.8) is 0 Å². The summed E-state index contributed by atoms with van der Waals surface area (Å²) in [5.74, 6) is -0.0849. The highest BCUT2D eigenvalue weighted by Gasteiger charge is 2.39. The molecule has 8 heteroatoms. The Balaban J connectivity index is 1.75. The number of fused-ring (bicyclic) bond motifs is 1. The summed E-state index contributed by atoms with van der Waals surface area (Å²) in [7, 11) is -3.26. The fourth-order valence-electron chi connectivity index (χ4n) is 3.23. The lowest BCUT2D eigenvalue weighted by molar-refractivity contribution is -0.0406. The third kappa shape index (κ3) is 3.04. The first-order valence-corrected chi connectivity index (χ1v) is 9.21. The van der Waals surface area contributed by atoms with Crippen LogP contribution in [0, 0.1) is 0 Å². The number of carbonyl (C=O) groups excluding carboxylic acids is 1. The molecule has 0 saturated carbocycles. The second-order valence-corrected chi connectivity index (χ2v) is 7.67. The normalized spacial score (nSPS) is 27.2. The van der Waals surface area contributed by atoms with Gasteiger partial charge in [-0.2, -0.15) is 4.31 Å². The van der Waals surface area contributed by atoms with Crippen LogP contribution in [-0.4, -0.2) is 68.2 Å². The largest absolute Gasteiger partial charge is 0.472 e. The van der Waals surface area contributed by atoms with Crippen LogP contribution in [0.25, 0.3) is 0 Å². The Morgan fingerprint density at radius 1 is 1.27 bits per heavy atom. The summed E-state index contributed by atoms with van der Waals surface area (Å²) in [6, 6.07) is 1.45. The zero-order valence-electron chi connectivity index (χ0n) is 12.5. The monoisotopic (exact) mass is 328 g/mol. The van der Waals surface area contributed by atoms with Crippen LogP contribution < -0.4 is 0 Å². The number of morpholine rings is 1. The number of amides is 1. The van der Waals surface area contributed by atoms with E-state index in [0.29, 0.717) is 44.6 Å². The predicted molar refractivity (Wildman–Crippen MR) is 78.9 cm³/mol. The SMILES string of the molecule is CS(=O)(=O)N1CCO[C@H]2CCN(C(=O)c3ccoc3)CC[C@H]21. The molecule has 122 valence electrons. The van der Waals surface area contributed by atoms with Gasteiger partial charge in [-0.25, -0.2) is 8.42 Å². The number of carbonyl (C=O) groups is 1. The minimum absolute atomic E-state index is 0.0849. The minimum Gasteiger partial charge on any atom is -0.472 e. The molecule has 2 aliphatic rings. The average molecular weight is 328 g/mol. The quantitative estimate of drug-likeness (QED) is 0.792. The summed E-state index contributed by atoms with van der Waals surface area (Å²) < 4.78 is 36.1. The zero-order valence-corrected chi connectivity index (χ0v) is 13.3. The molecular weight excluding hydrogens is 308 g/mol. The second kappa shape index (κ2) is 6.02. The molecule has 0 aromatic carbocycles. The van der Waals surface area contributed by atoms with Gasteiger partial charge >= 0.3 is 0 Å². The van der Waals surface area contributed by atoms with Gasteiger partial charge in [0.2, 0.25) is 10.0 Å². The van der Waals surface area contributed by atoms with Crippen LogP contribution in [0.4, 0.5) is 0 Å². The van der Waals surface area contributed by atoms with Gasteiger partial charge in [0.15, 0.2) is 0 Å². The first-order chi connectivity index (χ1) is 10.5. The standard InChI is InChI=1S/C14H20N2O5S/c1-22(18,19)16-7-9-21-13-3-6-15(5-2-12(13)16)14(17)11-4-8-20-10-11/h4,8,10,12-13H,2-3,5-7,9H2,1H3/t12-,13+/m1/s1.